The molecule has 4 nitrogen and oxygen atoms in total. The van der Waals surface area contributed by atoms with Crippen LogP contribution in [0.25, 0.3) is 10.8 Å². The number of nitrogens with zero attached hydrogens (tertiary/aromatic N) is 1. The van der Waals surface area contributed by atoms with Gasteiger partial charge in [0.05, 0.1) is 6.21 Å². The minimum atomic E-state index is -0.296. The second-order valence-corrected chi connectivity index (χ2v) is 5.57. The van der Waals surface area contributed by atoms with Crippen molar-refractivity contribution in [2.24, 2.45) is 5.10 Å². The van der Waals surface area contributed by atoms with Crippen LogP contribution >= 0.6 is 0 Å². The van der Waals surface area contributed by atoms with E-state index in [9.17, 15) is 9.90 Å². The molecular weight excluding hydrogens is 312 g/mol. The maximum Gasteiger partial charge on any atom is 0.271 e. The third-order valence-corrected chi connectivity index (χ3v) is 3.92. The molecule has 3 aromatic carbocycles. The van der Waals surface area contributed by atoms with Gasteiger partial charge < -0.3 is 5.11 Å². The molecule has 0 saturated carbocycles. The number of para-hydroxylation sites is 1. The van der Waals surface area contributed by atoms with Crippen LogP contribution < -0.4 is 5.43 Å². The third kappa shape index (κ3) is 3.58. The van der Waals surface area contributed by atoms with E-state index >= 15 is 0 Å². The fraction of sp³-hybridized carbons (Fsp3) is 0.0476. The molecule has 3 aromatic rings. The molecule has 124 valence electrons. The average Bonchev–Trinajstić information content (AvgIpc) is 2.64. The van der Waals surface area contributed by atoms with Gasteiger partial charge in [-0.2, -0.15) is 5.10 Å². The summed E-state index contributed by atoms with van der Waals surface area (Å²) >= 11 is 0. The van der Waals surface area contributed by atoms with Gasteiger partial charge in [0.15, 0.2) is 0 Å². The molecule has 0 aliphatic carbocycles. The Morgan fingerprint density at radius 1 is 1.08 bits per heavy atom. The Bertz CT molecular complexity index is 956. The van der Waals surface area contributed by atoms with E-state index in [1.54, 1.807) is 18.2 Å². The Labute approximate surface area is 146 Å². The van der Waals surface area contributed by atoms with Gasteiger partial charge in [0, 0.05) is 11.1 Å². The van der Waals surface area contributed by atoms with Gasteiger partial charge in [-0.05, 0) is 34.9 Å². The lowest BCUT2D eigenvalue weighted by Crippen LogP contribution is -2.17. The van der Waals surface area contributed by atoms with Crippen molar-refractivity contribution in [3.8, 4) is 5.75 Å². The molecule has 0 saturated heterocycles. The van der Waals surface area contributed by atoms with Crippen molar-refractivity contribution in [1.82, 2.24) is 5.43 Å². The summed E-state index contributed by atoms with van der Waals surface area (Å²) in [7, 11) is 0. The second-order valence-electron chi connectivity index (χ2n) is 5.57. The van der Waals surface area contributed by atoms with Crippen LogP contribution in [0.4, 0.5) is 0 Å². The fourth-order valence-corrected chi connectivity index (χ4v) is 2.68. The topological polar surface area (TPSA) is 61.7 Å². The summed E-state index contributed by atoms with van der Waals surface area (Å²) in [4.78, 5) is 12.4. The number of hydrogen-bond donors (Lipinski definition) is 2. The lowest BCUT2D eigenvalue weighted by molar-refractivity contribution is 0.0957. The van der Waals surface area contributed by atoms with Gasteiger partial charge in [0.1, 0.15) is 5.75 Å². The zero-order valence-electron chi connectivity index (χ0n) is 13.6. The minimum Gasteiger partial charge on any atom is -0.507 e. The van der Waals surface area contributed by atoms with E-state index in [0.29, 0.717) is 17.5 Å². The number of benzene rings is 3. The zero-order valence-corrected chi connectivity index (χ0v) is 13.6. The van der Waals surface area contributed by atoms with Crippen LogP contribution in [-0.2, 0) is 6.42 Å². The minimum absolute atomic E-state index is 0.144. The molecule has 0 spiro atoms. The van der Waals surface area contributed by atoms with Gasteiger partial charge in [0.25, 0.3) is 5.91 Å². The van der Waals surface area contributed by atoms with E-state index in [2.05, 4.69) is 17.1 Å². The van der Waals surface area contributed by atoms with E-state index in [1.165, 1.54) is 6.21 Å². The fourth-order valence-electron chi connectivity index (χ4n) is 2.68. The summed E-state index contributed by atoms with van der Waals surface area (Å²) in [6.07, 6.45) is 3.72. The number of nitrogens with one attached hydrogen (secondary N) is 1. The van der Waals surface area contributed by atoms with Gasteiger partial charge >= 0.3 is 0 Å². The molecule has 0 aliphatic rings. The van der Waals surface area contributed by atoms with Crippen LogP contribution in [0.2, 0.25) is 0 Å². The van der Waals surface area contributed by atoms with Crippen LogP contribution in [0.1, 0.15) is 21.5 Å². The number of hydrazone groups is 1. The molecule has 0 aromatic heterocycles. The van der Waals surface area contributed by atoms with Gasteiger partial charge in [0.2, 0.25) is 0 Å². The van der Waals surface area contributed by atoms with Crippen molar-refractivity contribution in [3.63, 3.8) is 0 Å². The van der Waals surface area contributed by atoms with Crippen LogP contribution in [0.5, 0.6) is 5.75 Å². The Kier molecular flexibility index (Phi) is 4.90. The average molecular weight is 330 g/mol. The van der Waals surface area contributed by atoms with Crippen molar-refractivity contribution >= 4 is 22.9 Å². The van der Waals surface area contributed by atoms with E-state index in [1.807, 2.05) is 48.5 Å². The Morgan fingerprint density at radius 2 is 1.84 bits per heavy atom. The molecule has 0 heterocycles. The van der Waals surface area contributed by atoms with Crippen molar-refractivity contribution < 1.29 is 9.90 Å². The predicted molar refractivity (Wildman–Crippen MR) is 101 cm³/mol. The second kappa shape index (κ2) is 7.45. The number of amides is 1. The summed E-state index contributed by atoms with van der Waals surface area (Å²) in [6, 6.07) is 18.6. The van der Waals surface area contributed by atoms with Gasteiger partial charge in [-0.3, -0.25) is 4.79 Å². The van der Waals surface area contributed by atoms with Gasteiger partial charge in [-0.15, -0.1) is 6.58 Å². The molecule has 0 atom stereocenters. The number of phenolic OH excluding ortho intramolecular Hbond substituents is 1. The molecule has 0 radical (unpaired) electrons. The summed E-state index contributed by atoms with van der Waals surface area (Å²) in [5.41, 5.74) is 4.38. The van der Waals surface area contributed by atoms with E-state index < -0.39 is 0 Å². The Hall–Kier alpha value is -3.40. The molecule has 0 unspecified atom stereocenters. The van der Waals surface area contributed by atoms with Crippen molar-refractivity contribution in [1.29, 1.82) is 0 Å². The molecular formula is C21H18N2O2. The molecule has 3 rings (SSSR count). The zero-order chi connectivity index (χ0) is 17.6. The highest BCUT2D eigenvalue weighted by Crippen LogP contribution is 2.22. The Balaban J connectivity index is 1.79. The molecule has 0 fully saturated rings. The first-order valence-electron chi connectivity index (χ1n) is 7.93. The molecule has 0 aliphatic heterocycles. The molecule has 4 heteroatoms. The summed E-state index contributed by atoms with van der Waals surface area (Å²) in [5, 5.41) is 16.0. The van der Waals surface area contributed by atoms with Crippen LogP contribution in [-0.4, -0.2) is 17.2 Å². The Morgan fingerprint density at radius 3 is 2.68 bits per heavy atom. The quantitative estimate of drug-likeness (QED) is 0.421. The summed E-state index contributed by atoms with van der Waals surface area (Å²) in [6.45, 7) is 3.67. The number of aromatic hydroxyl groups is 1. The molecule has 2 N–H and O–H groups in total. The molecule has 0 bridgehead atoms. The highest BCUT2D eigenvalue weighted by atomic mass is 16.3. The SMILES string of the molecule is C=CCc1cccc(/C=N\NC(=O)c2cccc3ccccc23)c1O. The first kappa shape index (κ1) is 16.5. The number of rotatable bonds is 5. The van der Waals surface area contributed by atoms with E-state index in [4.69, 9.17) is 0 Å². The van der Waals surface area contributed by atoms with Crippen molar-refractivity contribution in [3.05, 3.63) is 90.0 Å². The largest absolute Gasteiger partial charge is 0.507 e. The maximum absolute atomic E-state index is 12.4. The molecule has 1 amide bonds. The third-order valence-electron chi connectivity index (χ3n) is 3.92. The maximum atomic E-state index is 12.4. The van der Waals surface area contributed by atoms with Crippen LogP contribution in [0.3, 0.4) is 0 Å². The summed E-state index contributed by atoms with van der Waals surface area (Å²) < 4.78 is 0. The van der Waals surface area contributed by atoms with Gasteiger partial charge in [-0.1, -0.05) is 54.6 Å². The monoisotopic (exact) mass is 330 g/mol. The number of fused-ring (bicyclic) bond motifs is 1. The lowest BCUT2D eigenvalue weighted by Gasteiger charge is -2.06. The number of allylic oxidation sites excluding steroid dienone is 1. The van der Waals surface area contributed by atoms with E-state index in [0.717, 1.165) is 16.3 Å². The van der Waals surface area contributed by atoms with Crippen molar-refractivity contribution in [2.75, 3.05) is 0 Å². The lowest BCUT2D eigenvalue weighted by atomic mass is 10.0. The smallest absolute Gasteiger partial charge is 0.271 e. The summed E-state index contributed by atoms with van der Waals surface area (Å²) in [5.74, 6) is -0.152. The molecule has 25 heavy (non-hydrogen) atoms. The first-order chi connectivity index (χ1) is 12.2. The number of carbonyl (C=O) groups excluding carboxylic acids is 1. The van der Waals surface area contributed by atoms with E-state index in [-0.39, 0.29) is 11.7 Å². The number of carbonyl (C=O) groups is 1. The first-order valence-corrected chi connectivity index (χ1v) is 7.93. The number of phenols is 1. The standard InChI is InChI=1S/C21H18N2O2/c1-2-7-16-10-5-11-17(20(16)24)14-22-23-21(25)19-13-6-9-15-8-3-4-12-18(15)19/h2-6,8-14,24H,1,7H2,(H,23,25)/b22-14-. The van der Waals surface area contributed by atoms with Gasteiger partial charge in [-0.25, -0.2) is 5.43 Å². The highest BCUT2D eigenvalue weighted by Gasteiger charge is 2.09. The normalized spacial score (nSPS) is 10.9. The predicted octanol–water partition coefficient (Wildman–Crippen LogP) is 4.04. The van der Waals surface area contributed by atoms with Crippen molar-refractivity contribution in [2.45, 2.75) is 6.42 Å². The van der Waals surface area contributed by atoms with Crippen LogP contribution in [0, 0.1) is 0 Å². The highest BCUT2D eigenvalue weighted by molar-refractivity contribution is 6.07. The van der Waals surface area contributed by atoms with Crippen LogP contribution in [0.15, 0.2) is 78.4 Å². The number of hydrogen-bond acceptors (Lipinski definition) is 3.